The Hall–Kier alpha value is -2.19. The van der Waals surface area contributed by atoms with Crippen molar-refractivity contribution in [2.45, 2.75) is 89.2 Å². The lowest BCUT2D eigenvalue weighted by Crippen LogP contribution is -2.40. The van der Waals surface area contributed by atoms with E-state index < -0.39 is 53.3 Å². The molecule has 0 unspecified atom stereocenters. The Morgan fingerprint density at radius 2 is 1.90 bits per heavy atom. The van der Waals surface area contributed by atoms with E-state index in [4.69, 9.17) is 23.7 Å². The second-order valence-electron chi connectivity index (χ2n) is 9.10. The monoisotopic (exact) mass is 420 g/mol. The molecule has 0 aromatic heterocycles. The molecule has 8 nitrogen and oxygen atoms in total. The quantitative estimate of drug-likeness (QED) is 0.225. The summed E-state index contributed by atoms with van der Waals surface area (Å²) in [7, 11) is 0. The highest BCUT2D eigenvalue weighted by atomic mass is 16.7. The van der Waals surface area contributed by atoms with E-state index in [9.17, 15) is 14.4 Å². The van der Waals surface area contributed by atoms with Crippen LogP contribution in [0.1, 0.15) is 47.5 Å². The molecule has 3 heterocycles. The molecule has 8 heteroatoms. The maximum absolute atomic E-state index is 12.8. The first-order chi connectivity index (χ1) is 13.9. The van der Waals surface area contributed by atoms with Gasteiger partial charge in [0.2, 0.25) is 0 Å². The van der Waals surface area contributed by atoms with Gasteiger partial charge < -0.3 is 23.7 Å². The topological polar surface area (TPSA) is 104 Å². The standard InChI is InChI=1S/C22H28O8/c1-10-7-15-18(11(2)19(24)27-15)16(28-20(25)22(6)12(3)29-22)9-21(5)17(30-21)8-14(10)26-13(4)23/h7,12,14-18H,2,8-9H2,1,3-6H3/b10-7+/t12-,14+,15-,16-,17-,18+,21-,22-/m1/s1. The van der Waals surface area contributed by atoms with Crippen LogP contribution >= 0.6 is 0 Å². The molecule has 0 N–H and O–H groups in total. The number of ether oxygens (including phenoxy) is 5. The summed E-state index contributed by atoms with van der Waals surface area (Å²) in [6.07, 6.45) is 0.384. The van der Waals surface area contributed by atoms with Gasteiger partial charge in [-0.15, -0.1) is 0 Å². The summed E-state index contributed by atoms with van der Waals surface area (Å²) in [4.78, 5) is 36.7. The van der Waals surface area contributed by atoms with E-state index in [2.05, 4.69) is 6.58 Å². The minimum absolute atomic E-state index is 0.166. The zero-order chi connectivity index (χ0) is 22.0. The molecule has 3 fully saturated rings. The van der Waals surface area contributed by atoms with Gasteiger partial charge in [-0.3, -0.25) is 4.79 Å². The van der Waals surface area contributed by atoms with Crippen molar-refractivity contribution in [3.8, 4) is 0 Å². The minimum Gasteiger partial charge on any atom is -0.459 e. The number of epoxide rings is 2. The molecule has 4 aliphatic rings. The fourth-order valence-electron chi connectivity index (χ4n) is 4.48. The van der Waals surface area contributed by atoms with Crippen LogP contribution in [0.2, 0.25) is 0 Å². The largest absolute Gasteiger partial charge is 0.459 e. The fraction of sp³-hybridized carbons (Fsp3) is 0.682. The lowest BCUT2D eigenvalue weighted by Gasteiger charge is -2.30. The first-order valence-electron chi connectivity index (χ1n) is 10.3. The minimum atomic E-state index is -0.980. The summed E-state index contributed by atoms with van der Waals surface area (Å²) < 4.78 is 28.3. The average molecular weight is 420 g/mol. The van der Waals surface area contributed by atoms with E-state index >= 15 is 0 Å². The number of esters is 3. The Bertz CT molecular complexity index is 846. The molecule has 4 rings (SSSR count). The SMILES string of the molecule is C=C1C(=O)O[C@@H]2/C=C(\C)[C@@H](OC(C)=O)C[C@H]3O[C@]3(C)C[C@@H](OC(=O)[C@]3(C)O[C@@H]3C)[C@@H]12. The molecule has 8 atom stereocenters. The number of fused-ring (bicyclic) bond motifs is 2. The van der Waals surface area contributed by atoms with Crippen LogP contribution in [0.4, 0.5) is 0 Å². The number of rotatable bonds is 3. The second kappa shape index (κ2) is 6.92. The normalized spacial score (nSPS) is 46.5. The molecule has 0 radical (unpaired) electrons. The maximum atomic E-state index is 12.8. The number of hydrogen-bond donors (Lipinski definition) is 0. The van der Waals surface area contributed by atoms with Crippen molar-refractivity contribution < 1.29 is 38.1 Å². The highest BCUT2D eigenvalue weighted by molar-refractivity contribution is 5.91. The van der Waals surface area contributed by atoms with Gasteiger partial charge in [-0.1, -0.05) is 6.58 Å². The molecule has 0 saturated carbocycles. The summed E-state index contributed by atoms with van der Waals surface area (Å²) in [6.45, 7) is 12.5. The maximum Gasteiger partial charge on any atom is 0.341 e. The Labute approximate surface area is 175 Å². The summed E-state index contributed by atoms with van der Waals surface area (Å²) in [6, 6.07) is 0. The summed E-state index contributed by atoms with van der Waals surface area (Å²) >= 11 is 0. The first kappa shape index (κ1) is 21.1. The number of carbonyl (C=O) groups excluding carboxylic acids is 3. The average Bonchev–Trinajstić information content (AvgIpc) is 3.43. The van der Waals surface area contributed by atoms with Gasteiger partial charge in [-0.2, -0.15) is 0 Å². The molecule has 30 heavy (non-hydrogen) atoms. The molecule has 0 bridgehead atoms. The molecule has 164 valence electrons. The predicted molar refractivity (Wildman–Crippen MR) is 103 cm³/mol. The summed E-state index contributed by atoms with van der Waals surface area (Å²) in [5, 5.41) is 0. The lowest BCUT2D eigenvalue weighted by molar-refractivity contribution is -0.159. The third-order valence-corrected chi connectivity index (χ3v) is 6.78. The van der Waals surface area contributed by atoms with E-state index in [0.29, 0.717) is 12.8 Å². The van der Waals surface area contributed by atoms with Crippen molar-refractivity contribution in [2.75, 3.05) is 0 Å². The van der Waals surface area contributed by atoms with Gasteiger partial charge in [0, 0.05) is 25.3 Å². The van der Waals surface area contributed by atoms with Gasteiger partial charge in [-0.25, -0.2) is 9.59 Å². The Kier molecular flexibility index (Phi) is 4.86. The Morgan fingerprint density at radius 3 is 2.50 bits per heavy atom. The zero-order valence-corrected chi connectivity index (χ0v) is 17.9. The Balaban J connectivity index is 1.67. The van der Waals surface area contributed by atoms with Crippen LogP contribution in [0.3, 0.4) is 0 Å². The second-order valence-corrected chi connectivity index (χ2v) is 9.10. The molecule has 0 amide bonds. The zero-order valence-electron chi connectivity index (χ0n) is 17.9. The van der Waals surface area contributed by atoms with Gasteiger partial charge in [0.15, 0.2) is 5.60 Å². The molecule has 0 aromatic carbocycles. The van der Waals surface area contributed by atoms with Crippen LogP contribution < -0.4 is 0 Å². The Morgan fingerprint density at radius 1 is 1.23 bits per heavy atom. The number of carbonyl (C=O) groups is 3. The molecular formula is C22H28O8. The smallest absolute Gasteiger partial charge is 0.341 e. The van der Waals surface area contributed by atoms with Crippen LogP contribution in [0.25, 0.3) is 0 Å². The third-order valence-electron chi connectivity index (χ3n) is 6.78. The molecule has 3 saturated heterocycles. The predicted octanol–water partition coefficient (Wildman–Crippen LogP) is 2.00. The van der Waals surface area contributed by atoms with Crippen molar-refractivity contribution in [1.29, 1.82) is 0 Å². The highest BCUT2D eigenvalue weighted by Crippen LogP contribution is 2.49. The van der Waals surface area contributed by atoms with Crippen molar-refractivity contribution >= 4 is 17.9 Å². The van der Waals surface area contributed by atoms with Crippen molar-refractivity contribution in [2.24, 2.45) is 5.92 Å². The van der Waals surface area contributed by atoms with Gasteiger partial charge >= 0.3 is 17.9 Å². The van der Waals surface area contributed by atoms with Crippen LogP contribution in [0.15, 0.2) is 23.8 Å². The first-order valence-corrected chi connectivity index (χ1v) is 10.3. The van der Waals surface area contributed by atoms with E-state index in [1.165, 1.54) is 6.92 Å². The van der Waals surface area contributed by atoms with Crippen LogP contribution in [-0.2, 0) is 38.1 Å². The molecule has 0 spiro atoms. The van der Waals surface area contributed by atoms with Crippen molar-refractivity contribution in [3.05, 3.63) is 23.8 Å². The van der Waals surface area contributed by atoms with Crippen LogP contribution in [0.5, 0.6) is 0 Å². The lowest BCUT2D eigenvalue weighted by atomic mass is 9.82. The van der Waals surface area contributed by atoms with Crippen molar-refractivity contribution in [1.82, 2.24) is 0 Å². The molecule has 1 aliphatic carbocycles. The van der Waals surface area contributed by atoms with Gasteiger partial charge in [0.05, 0.1) is 23.7 Å². The van der Waals surface area contributed by atoms with E-state index in [1.54, 1.807) is 19.9 Å². The van der Waals surface area contributed by atoms with Gasteiger partial charge in [0.25, 0.3) is 0 Å². The fourth-order valence-corrected chi connectivity index (χ4v) is 4.48. The molecule has 0 aromatic rings. The van der Waals surface area contributed by atoms with Gasteiger partial charge in [0.1, 0.15) is 18.3 Å². The number of hydrogen-bond acceptors (Lipinski definition) is 8. The van der Waals surface area contributed by atoms with E-state index in [1.807, 2.05) is 13.8 Å². The molecule has 3 aliphatic heterocycles. The van der Waals surface area contributed by atoms with Gasteiger partial charge in [-0.05, 0) is 39.3 Å². The van der Waals surface area contributed by atoms with Crippen LogP contribution in [-0.4, -0.2) is 59.6 Å². The summed E-state index contributed by atoms with van der Waals surface area (Å²) in [5.41, 5.74) is -0.554. The highest BCUT2D eigenvalue weighted by Gasteiger charge is 2.61. The third kappa shape index (κ3) is 3.56. The summed E-state index contributed by atoms with van der Waals surface area (Å²) in [5.74, 6) is -1.96. The van der Waals surface area contributed by atoms with E-state index in [0.717, 1.165) is 5.57 Å². The van der Waals surface area contributed by atoms with Crippen LogP contribution in [0, 0.1) is 5.92 Å². The van der Waals surface area contributed by atoms with E-state index in [-0.39, 0.29) is 17.8 Å². The van der Waals surface area contributed by atoms with Crippen molar-refractivity contribution in [3.63, 3.8) is 0 Å². The molecular weight excluding hydrogens is 392 g/mol.